The van der Waals surface area contributed by atoms with Crippen LogP contribution in [0.25, 0.3) is 0 Å². The summed E-state index contributed by atoms with van der Waals surface area (Å²) in [5.74, 6) is 0.897. The van der Waals surface area contributed by atoms with Gasteiger partial charge in [-0.25, -0.2) is 0 Å². The van der Waals surface area contributed by atoms with E-state index in [1.807, 2.05) is 20.1 Å². The molecule has 2 heterocycles. The molecule has 1 unspecified atom stereocenters. The van der Waals surface area contributed by atoms with E-state index in [4.69, 9.17) is 4.74 Å². The summed E-state index contributed by atoms with van der Waals surface area (Å²) in [6, 6.07) is 0. The third kappa shape index (κ3) is 2.10. The van der Waals surface area contributed by atoms with E-state index >= 15 is 0 Å². The molecule has 4 heteroatoms. The van der Waals surface area contributed by atoms with Gasteiger partial charge in [-0.3, -0.25) is 4.99 Å². The third-order valence-corrected chi connectivity index (χ3v) is 4.01. The number of aliphatic imine (C=N–C) groups is 1. The van der Waals surface area contributed by atoms with Crippen molar-refractivity contribution >= 4 is 6.21 Å². The Morgan fingerprint density at radius 1 is 1.47 bits per heavy atom. The van der Waals surface area contributed by atoms with Crippen molar-refractivity contribution in [3.05, 3.63) is 34.9 Å². The smallest absolute Gasteiger partial charge is 0.129 e. The molecule has 3 aliphatic rings. The van der Waals surface area contributed by atoms with Crippen LogP contribution in [0, 0.1) is 0 Å². The van der Waals surface area contributed by atoms with Crippen molar-refractivity contribution in [3.63, 3.8) is 0 Å². The van der Waals surface area contributed by atoms with E-state index in [1.165, 1.54) is 0 Å². The van der Waals surface area contributed by atoms with Crippen molar-refractivity contribution in [2.45, 2.75) is 38.4 Å². The number of likely N-dealkylation sites (N-methyl/N-ethyl adjacent to an activating group) is 1. The molecule has 1 fully saturated rings. The second kappa shape index (κ2) is 4.23. The van der Waals surface area contributed by atoms with Crippen molar-refractivity contribution in [3.8, 4) is 0 Å². The van der Waals surface area contributed by atoms with Gasteiger partial charge >= 0.3 is 0 Å². The van der Waals surface area contributed by atoms with Crippen molar-refractivity contribution in [2.75, 3.05) is 13.6 Å². The van der Waals surface area contributed by atoms with Gasteiger partial charge in [0.15, 0.2) is 0 Å². The van der Waals surface area contributed by atoms with E-state index < -0.39 is 11.7 Å². The Hall–Kier alpha value is -1.55. The quantitative estimate of drug-likeness (QED) is 0.724. The Morgan fingerprint density at radius 2 is 2.26 bits per heavy atom. The molecule has 1 N–H and O–H groups in total. The number of hydrogen-bond donors (Lipinski definition) is 1. The fourth-order valence-corrected chi connectivity index (χ4v) is 2.64. The summed E-state index contributed by atoms with van der Waals surface area (Å²) in [4.78, 5) is 6.66. The summed E-state index contributed by atoms with van der Waals surface area (Å²) in [6.07, 6.45) is 7.06. The summed E-state index contributed by atoms with van der Waals surface area (Å²) in [7, 11) is 2.06. The van der Waals surface area contributed by atoms with Crippen LogP contribution in [0.15, 0.2) is 39.9 Å². The van der Waals surface area contributed by atoms with Gasteiger partial charge in [-0.2, -0.15) is 0 Å². The zero-order valence-corrected chi connectivity index (χ0v) is 11.7. The topological polar surface area (TPSA) is 45.1 Å². The molecule has 3 rings (SSSR count). The van der Waals surface area contributed by atoms with E-state index in [-0.39, 0.29) is 0 Å². The third-order valence-electron chi connectivity index (χ3n) is 4.01. The van der Waals surface area contributed by atoms with Gasteiger partial charge in [-0.15, -0.1) is 0 Å². The maximum Gasteiger partial charge on any atom is 0.129 e. The van der Waals surface area contributed by atoms with E-state index in [2.05, 4.69) is 29.1 Å². The largest absolute Gasteiger partial charge is 0.485 e. The number of aliphatic hydroxyl groups excluding tert-OH is 1. The van der Waals surface area contributed by atoms with Gasteiger partial charge < -0.3 is 14.7 Å². The lowest BCUT2D eigenvalue weighted by molar-refractivity contribution is -0.0834. The van der Waals surface area contributed by atoms with Crippen LogP contribution >= 0.6 is 0 Å². The summed E-state index contributed by atoms with van der Waals surface area (Å²) in [5.41, 5.74) is 2.75. The molecule has 0 radical (unpaired) electrons. The molecule has 1 saturated heterocycles. The number of nitrogens with zero attached hydrogens (tertiary/aromatic N) is 2. The molecule has 1 aliphatic carbocycles. The average molecular weight is 260 g/mol. The molecule has 4 nitrogen and oxygen atoms in total. The minimum atomic E-state index is -0.525. The zero-order valence-electron chi connectivity index (χ0n) is 11.7. The summed E-state index contributed by atoms with van der Waals surface area (Å²) in [6.45, 7) is 4.68. The van der Waals surface area contributed by atoms with E-state index in [1.54, 1.807) is 0 Å². The molecule has 0 bridgehead atoms. The molecule has 0 saturated carbocycles. The standard InChI is InChI=1S/C15H20N2O2/c1-15(2)14(18)9-10-8-12-11(4-5-13(10)19-15)16-6-7-17(12)3/h5-6,8,14,18H,4,7,9H2,1-3H3. The minimum Gasteiger partial charge on any atom is -0.485 e. The normalized spacial score (nSPS) is 28.8. The van der Waals surface area contributed by atoms with Crippen LogP contribution in [0.4, 0.5) is 0 Å². The Labute approximate surface area is 113 Å². The monoisotopic (exact) mass is 260 g/mol. The van der Waals surface area contributed by atoms with Gasteiger partial charge in [0.2, 0.25) is 0 Å². The van der Waals surface area contributed by atoms with Crippen LogP contribution in [-0.4, -0.2) is 41.5 Å². The van der Waals surface area contributed by atoms with Crippen LogP contribution in [0.1, 0.15) is 26.7 Å². The Kier molecular flexibility index (Phi) is 2.78. The first kappa shape index (κ1) is 12.5. The molecule has 19 heavy (non-hydrogen) atoms. The fraction of sp³-hybridized carbons (Fsp3) is 0.533. The van der Waals surface area contributed by atoms with Gasteiger partial charge in [-0.1, -0.05) is 0 Å². The van der Waals surface area contributed by atoms with Crippen LogP contribution < -0.4 is 0 Å². The molecule has 0 aromatic rings. The van der Waals surface area contributed by atoms with Gasteiger partial charge in [0, 0.05) is 26.1 Å². The molecule has 0 aromatic carbocycles. The van der Waals surface area contributed by atoms with E-state index in [0.717, 1.165) is 35.7 Å². The number of fused-ring (bicyclic) bond motifs is 1. The number of allylic oxidation sites excluding steroid dienone is 3. The van der Waals surface area contributed by atoms with Gasteiger partial charge in [0.05, 0.1) is 24.0 Å². The predicted molar refractivity (Wildman–Crippen MR) is 74.7 cm³/mol. The van der Waals surface area contributed by atoms with Crippen molar-refractivity contribution in [2.24, 2.45) is 4.99 Å². The number of hydrogen-bond acceptors (Lipinski definition) is 4. The minimum absolute atomic E-state index is 0.476. The van der Waals surface area contributed by atoms with E-state index in [0.29, 0.717) is 6.42 Å². The number of rotatable bonds is 0. The lowest BCUT2D eigenvalue weighted by Crippen LogP contribution is -2.43. The van der Waals surface area contributed by atoms with Gasteiger partial charge in [-0.05, 0) is 31.6 Å². The van der Waals surface area contributed by atoms with Crippen LogP contribution in [0.5, 0.6) is 0 Å². The number of ether oxygens (including phenoxy) is 1. The Balaban J connectivity index is 1.99. The van der Waals surface area contributed by atoms with Crippen LogP contribution in [0.2, 0.25) is 0 Å². The fourth-order valence-electron chi connectivity index (χ4n) is 2.64. The highest BCUT2D eigenvalue weighted by atomic mass is 16.5. The Morgan fingerprint density at radius 3 is 3.05 bits per heavy atom. The molecule has 0 amide bonds. The molecule has 0 spiro atoms. The Bertz CT molecular complexity index is 526. The molecular formula is C15H20N2O2. The second-order valence-corrected chi connectivity index (χ2v) is 5.89. The molecule has 102 valence electrons. The average Bonchev–Trinajstić information content (AvgIpc) is 2.51. The highest BCUT2D eigenvalue weighted by Gasteiger charge is 2.38. The predicted octanol–water partition coefficient (Wildman–Crippen LogP) is 1.99. The highest BCUT2D eigenvalue weighted by Crippen LogP contribution is 2.38. The van der Waals surface area contributed by atoms with Gasteiger partial charge in [0.1, 0.15) is 11.4 Å². The number of aliphatic hydroxyl groups is 1. The first-order chi connectivity index (χ1) is 8.97. The highest BCUT2D eigenvalue weighted by molar-refractivity contribution is 5.65. The van der Waals surface area contributed by atoms with Crippen LogP contribution in [0.3, 0.4) is 0 Å². The van der Waals surface area contributed by atoms with Crippen molar-refractivity contribution < 1.29 is 9.84 Å². The molecule has 1 atom stereocenters. The molecule has 2 aliphatic heterocycles. The first-order valence-corrected chi connectivity index (χ1v) is 6.72. The maximum absolute atomic E-state index is 10.2. The van der Waals surface area contributed by atoms with Gasteiger partial charge in [0.25, 0.3) is 0 Å². The lowest BCUT2D eigenvalue weighted by atomic mass is 9.90. The lowest BCUT2D eigenvalue weighted by Gasteiger charge is -2.38. The van der Waals surface area contributed by atoms with E-state index in [9.17, 15) is 5.11 Å². The summed E-state index contributed by atoms with van der Waals surface area (Å²) in [5, 5.41) is 10.2. The summed E-state index contributed by atoms with van der Waals surface area (Å²) < 4.78 is 5.96. The maximum atomic E-state index is 10.2. The van der Waals surface area contributed by atoms with Crippen LogP contribution in [-0.2, 0) is 4.74 Å². The molecular weight excluding hydrogens is 240 g/mol. The summed E-state index contributed by atoms with van der Waals surface area (Å²) >= 11 is 0. The zero-order chi connectivity index (χ0) is 13.6. The molecule has 0 aromatic heterocycles. The first-order valence-electron chi connectivity index (χ1n) is 6.72. The second-order valence-electron chi connectivity index (χ2n) is 5.89. The SMILES string of the molecule is CN1CC=NC2=C1C=C1CC(O)C(C)(C)OC1=CC2. The van der Waals surface area contributed by atoms with Crippen molar-refractivity contribution in [1.29, 1.82) is 0 Å². The van der Waals surface area contributed by atoms with Crippen molar-refractivity contribution in [1.82, 2.24) is 4.90 Å².